The second-order valence-electron chi connectivity index (χ2n) is 9.40. The van der Waals surface area contributed by atoms with Gasteiger partial charge in [-0.1, -0.05) is 68.4 Å². The van der Waals surface area contributed by atoms with Crippen molar-refractivity contribution >= 4 is 23.6 Å². The number of anilines is 1. The van der Waals surface area contributed by atoms with E-state index in [9.17, 15) is 18.8 Å². The van der Waals surface area contributed by atoms with Crippen molar-refractivity contribution in [3.63, 3.8) is 0 Å². The molecule has 37 heavy (non-hydrogen) atoms. The maximum Gasteiger partial charge on any atom is 0.411 e. The number of hydrogen-bond donors (Lipinski definition) is 2. The van der Waals surface area contributed by atoms with Crippen molar-refractivity contribution in [2.45, 2.75) is 39.0 Å². The van der Waals surface area contributed by atoms with Gasteiger partial charge in [-0.3, -0.25) is 14.5 Å². The zero-order valence-corrected chi connectivity index (χ0v) is 20.8. The van der Waals surface area contributed by atoms with E-state index in [2.05, 4.69) is 24.5 Å². The van der Waals surface area contributed by atoms with Crippen LogP contribution in [0, 0.1) is 11.7 Å². The van der Waals surface area contributed by atoms with Crippen molar-refractivity contribution in [2.24, 2.45) is 5.92 Å². The summed E-state index contributed by atoms with van der Waals surface area (Å²) in [6.45, 7) is 4.83. The molecule has 3 amide bonds. The Kier molecular flexibility index (Phi) is 8.18. The molecule has 3 aromatic carbocycles. The first kappa shape index (κ1) is 25.9. The molecule has 2 N–H and O–H groups in total. The molecule has 1 heterocycles. The summed E-state index contributed by atoms with van der Waals surface area (Å²) >= 11 is 0. The molecule has 0 radical (unpaired) electrons. The highest BCUT2D eigenvalue weighted by Crippen LogP contribution is 2.35. The fourth-order valence-corrected chi connectivity index (χ4v) is 4.22. The van der Waals surface area contributed by atoms with Gasteiger partial charge in [0.05, 0.1) is 12.1 Å². The van der Waals surface area contributed by atoms with Crippen LogP contribution in [0.3, 0.4) is 0 Å². The van der Waals surface area contributed by atoms with Crippen LogP contribution >= 0.6 is 0 Å². The standard InChI is InChI=1S/C29H30FN3O4/c1-19(2)15-16-31-28(35)25-26(37-29(36)33(25)18-20-9-4-3-5-10-20)21-11-8-12-22(17-21)32-27(34)23-13-6-7-14-24(23)30/h3-14,17,19,25-26H,15-16,18H2,1-2H3,(H,31,35)(H,32,34). The predicted octanol–water partition coefficient (Wildman–Crippen LogP) is 5.30. The molecule has 0 aromatic heterocycles. The molecule has 0 bridgehead atoms. The number of nitrogens with one attached hydrogen (secondary N) is 2. The minimum absolute atomic E-state index is 0.0864. The third-order valence-corrected chi connectivity index (χ3v) is 6.16. The van der Waals surface area contributed by atoms with Crippen LogP contribution < -0.4 is 10.6 Å². The molecule has 2 atom stereocenters. The molecular formula is C29H30FN3O4. The second-order valence-corrected chi connectivity index (χ2v) is 9.40. The normalized spacial score (nSPS) is 17.0. The summed E-state index contributed by atoms with van der Waals surface area (Å²) in [4.78, 5) is 40.3. The lowest BCUT2D eigenvalue weighted by Gasteiger charge is -2.24. The lowest BCUT2D eigenvalue weighted by molar-refractivity contribution is -0.126. The molecule has 1 aliphatic heterocycles. The molecule has 0 aliphatic carbocycles. The Morgan fingerprint density at radius 3 is 2.46 bits per heavy atom. The first-order valence-electron chi connectivity index (χ1n) is 12.3. The maximum absolute atomic E-state index is 14.1. The number of amides is 3. The van der Waals surface area contributed by atoms with E-state index in [-0.39, 0.29) is 18.0 Å². The fraction of sp³-hybridized carbons (Fsp3) is 0.276. The fourth-order valence-electron chi connectivity index (χ4n) is 4.22. The van der Waals surface area contributed by atoms with Crippen molar-refractivity contribution < 1.29 is 23.5 Å². The summed E-state index contributed by atoms with van der Waals surface area (Å²) < 4.78 is 19.8. The zero-order chi connectivity index (χ0) is 26.4. The molecule has 192 valence electrons. The summed E-state index contributed by atoms with van der Waals surface area (Å²) in [6.07, 6.45) is -0.687. The van der Waals surface area contributed by atoms with Crippen LogP contribution in [0.5, 0.6) is 0 Å². The molecule has 2 unspecified atom stereocenters. The summed E-state index contributed by atoms with van der Waals surface area (Å²) in [7, 11) is 0. The van der Waals surface area contributed by atoms with E-state index in [0.717, 1.165) is 12.0 Å². The van der Waals surface area contributed by atoms with Crippen molar-refractivity contribution in [3.8, 4) is 0 Å². The summed E-state index contributed by atoms with van der Waals surface area (Å²) in [5.41, 5.74) is 1.71. The number of carbonyl (C=O) groups is 3. The van der Waals surface area contributed by atoms with Gasteiger partial charge in [-0.2, -0.15) is 0 Å². The van der Waals surface area contributed by atoms with E-state index in [1.54, 1.807) is 30.3 Å². The Bertz CT molecular complexity index is 1260. The monoisotopic (exact) mass is 503 g/mol. The van der Waals surface area contributed by atoms with Gasteiger partial charge >= 0.3 is 6.09 Å². The van der Waals surface area contributed by atoms with Crippen molar-refractivity contribution in [1.29, 1.82) is 0 Å². The molecule has 1 aliphatic rings. The Morgan fingerprint density at radius 1 is 1.00 bits per heavy atom. The van der Waals surface area contributed by atoms with Crippen LogP contribution in [0.2, 0.25) is 0 Å². The van der Waals surface area contributed by atoms with E-state index in [0.29, 0.717) is 23.7 Å². The van der Waals surface area contributed by atoms with Gasteiger partial charge in [0.2, 0.25) is 5.91 Å². The number of nitrogens with zero attached hydrogens (tertiary/aromatic N) is 1. The molecule has 1 saturated heterocycles. The lowest BCUT2D eigenvalue weighted by atomic mass is 9.99. The van der Waals surface area contributed by atoms with Gasteiger partial charge < -0.3 is 15.4 Å². The first-order valence-corrected chi connectivity index (χ1v) is 12.3. The van der Waals surface area contributed by atoms with Crippen LogP contribution in [0.25, 0.3) is 0 Å². The number of cyclic esters (lactones) is 1. The Morgan fingerprint density at radius 2 is 1.73 bits per heavy atom. The highest BCUT2D eigenvalue weighted by atomic mass is 19.1. The van der Waals surface area contributed by atoms with E-state index < -0.39 is 30.0 Å². The van der Waals surface area contributed by atoms with Crippen LogP contribution in [0.15, 0.2) is 78.9 Å². The number of halogens is 1. The van der Waals surface area contributed by atoms with Gasteiger partial charge in [0.25, 0.3) is 5.91 Å². The Labute approximate surface area is 215 Å². The molecule has 0 saturated carbocycles. The second kappa shape index (κ2) is 11.7. The van der Waals surface area contributed by atoms with Gasteiger partial charge in [0.15, 0.2) is 12.1 Å². The third-order valence-electron chi connectivity index (χ3n) is 6.16. The summed E-state index contributed by atoms with van der Waals surface area (Å²) in [5.74, 6) is -1.14. The van der Waals surface area contributed by atoms with Gasteiger partial charge in [0.1, 0.15) is 5.82 Å². The van der Waals surface area contributed by atoms with Crippen LogP contribution in [-0.4, -0.2) is 35.4 Å². The lowest BCUT2D eigenvalue weighted by Crippen LogP contribution is -2.46. The number of hydrogen-bond acceptors (Lipinski definition) is 4. The largest absolute Gasteiger partial charge is 0.438 e. The average molecular weight is 504 g/mol. The van der Waals surface area contributed by atoms with Gasteiger partial charge in [-0.15, -0.1) is 0 Å². The molecule has 4 rings (SSSR count). The summed E-state index contributed by atoms with van der Waals surface area (Å²) in [5, 5.41) is 5.62. The molecule has 7 nitrogen and oxygen atoms in total. The molecule has 1 fully saturated rings. The first-order chi connectivity index (χ1) is 17.8. The topological polar surface area (TPSA) is 87.7 Å². The predicted molar refractivity (Wildman–Crippen MR) is 138 cm³/mol. The van der Waals surface area contributed by atoms with E-state index in [1.165, 1.54) is 23.1 Å². The van der Waals surface area contributed by atoms with Crippen LogP contribution in [0.1, 0.15) is 47.9 Å². The molecule has 8 heteroatoms. The Balaban J connectivity index is 1.59. The average Bonchev–Trinajstić information content (AvgIpc) is 3.20. The highest BCUT2D eigenvalue weighted by molar-refractivity contribution is 6.04. The molecular weight excluding hydrogens is 473 g/mol. The van der Waals surface area contributed by atoms with Gasteiger partial charge in [-0.05, 0) is 47.7 Å². The van der Waals surface area contributed by atoms with Gasteiger partial charge in [-0.25, -0.2) is 9.18 Å². The van der Waals surface area contributed by atoms with Crippen molar-refractivity contribution in [1.82, 2.24) is 10.2 Å². The molecule has 0 spiro atoms. The van der Waals surface area contributed by atoms with Crippen LogP contribution in [-0.2, 0) is 16.1 Å². The van der Waals surface area contributed by atoms with E-state index >= 15 is 0 Å². The molecule has 3 aromatic rings. The highest BCUT2D eigenvalue weighted by Gasteiger charge is 2.47. The van der Waals surface area contributed by atoms with Crippen LogP contribution in [0.4, 0.5) is 14.9 Å². The third kappa shape index (κ3) is 6.33. The van der Waals surface area contributed by atoms with E-state index in [1.807, 2.05) is 30.3 Å². The zero-order valence-electron chi connectivity index (χ0n) is 20.8. The van der Waals surface area contributed by atoms with Crippen molar-refractivity contribution in [3.05, 3.63) is 101 Å². The number of benzene rings is 3. The minimum atomic E-state index is -0.905. The van der Waals surface area contributed by atoms with Crippen molar-refractivity contribution in [2.75, 3.05) is 11.9 Å². The quantitative estimate of drug-likeness (QED) is 0.415. The summed E-state index contributed by atoms with van der Waals surface area (Å²) in [6, 6.07) is 20.9. The maximum atomic E-state index is 14.1. The number of ether oxygens (including phenoxy) is 1. The van der Waals surface area contributed by atoms with Gasteiger partial charge in [0, 0.05) is 12.2 Å². The minimum Gasteiger partial charge on any atom is -0.438 e. The number of rotatable bonds is 9. The SMILES string of the molecule is CC(C)CCNC(=O)C1C(c2cccc(NC(=O)c3ccccc3F)c2)OC(=O)N1Cc1ccccc1. The Hall–Kier alpha value is -4.20. The van der Waals surface area contributed by atoms with E-state index in [4.69, 9.17) is 4.74 Å². The number of carbonyl (C=O) groups excluding carboxylic acids is 3. The smallest absolute Gasteiger partial charge is 0.411 e.